The summed E-state index contributed by atoms with van der Waals surface area (Å²) in [5, 5.41) is 5.24. The van der Waals surface area contributed by atoms with Crippen molar-refractivity contribution in [2.24, 2.45) is 0 Å². The summed E-state index contributed by atoms with van der Waals surface area (Å²) in [5.41, 5.74) is 1.32. The number of hydrogen-bond acceptors (Lipinski definition) is 5. The third-order valence-electron chi connectivity index (χ3n) is 2.95. The molecule has 1 unspecified atom stereocenters. The highest BCUT2D eigenvalue weighted by Gasteiger charge is 2.17. The van der Waals surface area contributed by atoms with Crippen molar-refractivity contribution in [1.29, 1.82) is 0 Å². The quantitative estimate of drug-likeness (QED) is 0.737. The number of aryl methyl sites for hydroxylation is 1. The second-order valence-electron chi connectivity index (χ2n) is 5.18. The van der Waals surface area contributed by atoms with Crippen LogP contribution >= 0.6 is 0 Å². The van der Waals surface area contributed by atoms with Crippen LogP contribution in [0.2, 0.25) is 0 Å². The fraction of sp³-hybridized carbons (Fsp3) is 0.438. The number of rotatable bonds is 7. The summed E-state index contributed by atoms with van der Waals surface area (Å²) in [7, 11) is 1.53. The smallest absolute Gasteiger partial charge is 0.340 e. The van der Waals surface area contributed by atoms with Gasteiger partial charge in [-0.3, -0.25) is 9.59 Å². The molecule has 0 aliphatic rings. The van der Waals surface area contributed by atoms with Crippen LogP contribution < -0.4 is 10.6 Å². The van der Waals surface area contributed by atoms with Crippen molar-refractivity contribution >= 4 is 23.5 Å². The van der Waals surface area contributed by atoms with Gasteiger partial charge in [0.05, 0.1) is 17.9 Å². The maximum absolute atomic E-state index is 12.1. The normalized spacial score (nSPS) is 11.5. The van der Waals surface area contributed by atoms with Gasteiger partial charge in [0, 0.05) is 20.1 Å². The number of carbonyl (C=O) groups excluding carboxylic acids is 3. The van der Waals surface area contributed by atoms with Gasteiger partial charge in [-0.05, 0) is 25.5 Å². The average Bonchev–Trinajstić information content (AvgIpc) is 2.46. The molecule has 0 saturated heterocycles. The number of carbonyl (C=O) groups is 3. The largest absolute Gasteiger partial charge is 0.452 e. The first-order valence-electron chi connectivity index (χ1n) is 7.17. The number of ether oxygens (including phenoxy) is 2. The lowest BCUT2D eigenvalue weighted by molar-refractivity contribution is -0.125. The molecule has 0 aliphatic heterocycles. The standard InChI is InChI=1S/C16H22N2O5/c1-10-6-5-7-13(15(10)18-12(3)19)16(21)23-9-14(20)17-11(2)8-22-4/h5-7,11H,8-9H2,1-4H3,(H,17,20)(H,18,19). The molecule has 0 radical (unpaired) electrons. The number of methoxy groups -OCH3 is 1. The summed E-state index contributed by atoms with van der Waals surface area (Å²) >= 11 is 0. The highest BCUT2D eigenvalue weighted by atomic mass is 16.5. The number of para-hydroxylation sites is 1. The molecule has 0 saturated carbocycles. The Labute approximate surface area is 135 Å². The van der Waals surface area contributed by atoms with Gasteiger partial charge in [-0.25, -0.2) is 4.79 Å². The van der Waals surface area contributed by atoms with E-state index in [9.17, 15) is 14.4 Å². The lowest BCUT2D eigenvalue weighted by Gasteiger charge is -2.14. The van der Waals surface area contributed by atoms with Gasteiger partial charge in [0.15, 0.2) is 6.61 Å². The van der Waals surface area contributed by atoms with Crippen LogP contribution in [0.25, 0.3) is 0 Å². The van der Waals surface area contributed by atoms with Crippen molar-refractivity contribution in [2.45, 2.75) is 26.8 Å². The van der Waals surface area contributed by atoms with E-state index in [0.29, 0.717) is 12.3 Å². The van der Waals surface area contributed by atoms with E-state index in [1.54, 1.807) is 26.0 Å². The highest BCUT2D eigenvalue weighted by Crippen LogP contribution is 2.21. The molecule has 7 heteroatoms. The van der Waals surface area contributed by atoms with E-state index in [1.807, 2.05) is 0 Å². The van der Waals surface area contributed by atoms with E-state index in [1.165, 1.54) is 20.1 Å². The van der Waals surface area contributed by atoms with E-state index in [4.69, 9.17) is 9.47 Å². The maximum atomic E-state index is 12.1. The summed E-state index contributed by atoms with van der Waals surface area (Å²) in [6.07, 6.45) is 0. The first-order valence-corrected chi connectivity index (χ1v) is 7.17. The Morgan fingerprint density at radius 3 is 2.57 bits per heavy atom. The van der Waals surface area contributed by atoms with E-state index < -0.39 is 18.5 Å². The fourth-order valence-electron chi connectivity index (χ4n) is 2.00. The Morgan fingerprint density at radius 1 is 1.26 bits per heavy atom. The lowest BCUT2D eigenvalue weighted by Crippen LogP contribution is -2.38. The third kappa shape index (κ3) is 6.07. The van der Waals surface area contributed by atoms with Crippen molar-refractivity contribution in [1.82, 2.24) is 5.32 Å². The SMILES string of the molecule is COCC(C)NC(=O)COC(=O)c1cccc(C)c1NC(C)=O. The van der Waals surface area contributed by atoms with Crippen LogP contribution in [0, 0.1) is 6.92 Å². The zero-order valence-corrected chi connectivity index (χ0v) is 13.8. The zero-order chi connectivity index (χ0) is 17.4. The number of esters is 1. The van der Waals surface area contributed by atoms with E-state index in [2.05, 4.69) is 10.6 Å². The molecule has 0 fully saturated rings. The van der Waals surface area contributed by atoms with Crippen molar-refractivity contribution in [3.8, 4) is 0 Å². The number of hydrogen-bond donors (Lipinski definition) is 2. The second kappa shape index (κ2) is 8.89. The van der Waals surface area contributed by atoms with Gasteiger partial charge < -0.3 is 20.1 Å². The summed E-state index contributed by atoms with van der Waals surface area (Å²) in [4.78, 5) is 35.1. The van der Waals surface area contributed by atoms with Crippen LogP contribution in [0.1, 0.15) is 29.8 Å². The molecule has 2 N–H and O–H groups in total. The summed E-state index contributed by atoms with van der Waals surface area (Å²) < 4.78 is 9.91. The molecular formula is C16H22N2O5. The minimum atomic E-state index is -0.674. The topological polar surface area (TPSA) is 93.7 Å². The zero-order valence-electron chi connectivity index (χ0n) is 13.8. The van der Waals surface area contributed by atoms with Crippen LogP contribution in [0.15, 0.2) is 18.2 Å². The van der Waals surface area contributed by atoms with Gasteiger partial charge in [-0.15, -0.1) is 0 Å². The molecule has 1 atom stereocenters. The first-order chi connectivity index (χ1) is 10.8. The van der Waals surface area contributed by atoms with Gasteiger partial charge in [0.2, 0.25) is 5.91 Å². The van der Waals surface area contributed by atoms with Crippen molar-refractivity contribution in [2.75, 3.05) is 25.6 Å². The number of benzene rings is 1. The summed E-state index contributed by atoms with van der Waals surface area (Å²) in [6, 6.07) is 4.80. The molecule has 2 amide bonds. The van der Waals surface area contributed by atoms with Gasteiger partial charge in [0.1, 0.15) is 0 Å². The van der Waals surface area contributed by atoms with E-state index >= 15 is 0 Å². The molecule has 23 heavy (non-hydrogen) atoms. The van der Waals surface area contributed by atoms with Crippen molar-refractivity contribution < 1.29 is 23.9 Å². The Hall–Kier alpha value is -2.41. The molecule has 0 bridgehead atoms. The molecule has 0 spiro atoms. The van der Waals surface area contributed by atoms with Gasteiger partial charge >= 0.3 is 5.97 Å². The monoisotopic (exact) mass is 322 g/mol. The summed E-state index contributed by atoms with van der Waals surface area (Å²) in [6.45, 7) is 4.86. The van der Waals surface area contributed by atoms with Crippen LogP contribution in [-0.2, 0) is 19.1 Å². The third-order valence-corrected chi connectivity index (χ3v) is 2.95. The predicted molar refractivity (Wildman–Crippen MR) is 85.2 cm³/mol. The van der Waals surface area contributed by atoms with Crippen molar-refractivity contribution in [3.05, 3.63) is 29.3 Å². The molecule has 7 nitrogen and oxygen atoms in total. The summed E-state index contributed by atoms with van der Waals surface area (Å²) in [5.74, 6) is -1.39. The average molecular weight is 322 g/mol. The molecule has 0 aromatic heterocycles. The van der Waals surface area contributed by atoms with Crippen LogP contribution in [-0.4, -0.2) is 44.1 Å². The van der Waals surface area contributed by atoms with E-state index in [0.717, 1.165) is 5.56 Å². The molecule has 1 rings (SSSR count). The predicted octanol–water partition coefficient (Wildman–Crippen LogP) is 1.26. The Kier molecular flexibility index (Phi) is 7.21. The van der Waals surface area contributed by atoms with Crippen LogP contribution in [0.4, 0.5) is 5.69 Å². The minimum absolute atomic E-state index is 0.180. The molecular weight excluding hydrogens is 300 g/mol. The lowest BCUT2D eigenvalue weighted by atomic mass is 10.1. The maximum Gasteiger partial charge on any atom is 0.340 e. The first kappa shape index (κ1) is 18.6. The minimum Gasteiger partial charge on any atom is -0.452 e. The highest BCUT2D eigenvalue weighted by molar-refractivity contribution is 6.02. The second-order valence-corrected chi connectivity index (χ2v) is 5.18. The number of nitrogens with one attached hydrogen (secondary N) is 2. The van der Waals surface area contributed by atoms with Crippen LogP contribution in [0.5, 0.6) is 0 Å². The number of anilines is 1. The molecule has 1 aromatic rings. The molecule has 0 aliphatic carbocycles. The van der Waals surface area contributed by atoms with Gasteiger partial charge in [-0.1, -0.05) is 12.1 Å². The van der Waals surface area contributed by atoms with Gasteiger partial charge in [-0.2, -0.15) is 0 Å². The van der Waals surface area contributed by atoms with Crippen LogP contribution in [0.3, 0.4) is 0 Å². The van der Waals surface area contributed by atoms with Gasteiger partial charge in [0.25, 0.3) is 5.91 Å². The molecule has 0 heterocycles. The Balaban J connectivity index is 2.70. The number of amides is 2. The molecule has 126 valence electrons. The van der Waals surface area contributed by atoms with Crippen molar-refractivity contribution in [3.63, 3.8) is 0 Å². The Bertz CT molecular complexity index is 586. The molecule has 1 aromatic carbocycles. The van der Waals surface area contributed by atoms with E-state index in [-0.39, 0.29) is 17.5 Å². The Morgan fingerprint density at radius 2 is 1.96 bits per heavy atom. The fourth-order valence-corrected chi connectivity index (χ4v) is 2.00.